The second-order valence-corrected chi connectivity index (χ2v) is 10.5. The van der Waals surface area contributed by atoms with Crippen molar-refractivity contribution in [1.82, 2.24) is 9.80 Å². The highest BCUT2D eigenvalue weighted by molar-refractivity contribution is 5.86. The van der Waals surface area contributed by atoms with Gasteiger partial charge >= 0.3 is 0 Å². The molecule has 4 aromatic rings. The Labute approximate surface area is 204 Å². The number of fused-ring (bicyclic) bond motifs is 2. The Balaban J connectivity index is 1.01. The van der Waals surface area contributed by atoms with Crippen LogP contribution in [-0.4, -0.2) is 36.0 Å². The van der Waals surface area contributed by atoms with Crippen LogP contribution in [0.4, 0.5) is 0 Å². The van der Waals surface area contributed by atoms with E-state index in [9.17, 15) is 0 Å². The van der Waals surface area contributed by atoms with E-state index in [0.29, 0.717) is 0 Å². The third kappa shape index (κ3) is 4.62. The van der Waals surface area contributed by atoms with E-state index in [0.717, 1.165) is 24.9 Å². The molecule has 0 radical (unpaired) electrons. The van der Waals surface area contributed by atoms with Crippen molar-refractivity contribution in [3.8, 4) is 0 Å². The van der Waals surface area contributed by atoms with Crippen molar-refractivity contribution in [2.75, 3.05) is 26.2 Å². The molecule has 0 saturated carbocycles. The first-order chi connectivity index (χ1) is 16.8. The summed E-state index contributed by atoms with van der Waals surface area (Å²) in [5.74, 6) is 1.84. The van der Waals surface area contributed by atoms with E-state index in [-0.39, 0.29) is 0 Å². The van der Waals surface area contributed by atoms with Crippen LogP contribution in [0.25, 0.3) is 21.5 Å². The zero-order chi connectivity index (χ0) is 22.7. The maximum absolute atomic E-state index is 2.69. The summed E-state index contributed by atoms with van der Waals surface area (Å²) in [7, 11) is 0. The molecule has 0 spiro atoms. The fraction of sp³-hybridized carbons (Fsp3) is 0.375. The summed E-state index contributed by atoms with van der Waals surface area (Å²) in [6.07, 6.45) is 5.50. The van der Waals surface area contributed by atoms with Crippen molar-refractivity contribution >= 4 is 21.5 Å². The first-order valence-electron chi connectivity index (χ1n) is 13.2. The van der Waals surface area contributed by atoms with Gasteiger partial charge in [0.2, 0.25) is 0 Å². The number of nitrogens with zero attached hydrogens (tertiary/aromatic N) is 2. The van der Waals surface area contributed by atoms with Gasteiger partial charge in [0.1, 0.15) is 0 Å². The van der Waals surface area contributed by atoms with Crippen LogP contribution in [0.15, 0.2) is 84.9 Å². The third-order valence-corrected chi connectivity index (χ3v) is 8.48. The van der Waals surface area contributed by atoms with Gasteiger partial charge < -0.3 is 0 Å². The lowest BCUT2D eigenvalue weighted by atomic mass is 9.78. The predicted molar refractivity (Wildman–Crippen MR) is 144 cm³/mol. The lowest BCUT2D eigenvalue weighted by molar-refractivity contribution is 0.0913. The summed E-state index contributed by atoms with van der Waals surface area (Å²) < 4.78 is 0. The summed E-state index contributed by atoms with van der Waals surface area (Å²) in [4.78, 5) is 5.38. The number of likely N-dealkylation sites (tertiary alicyclic amines) is 2. The molecule has 2 nitrogen and oxygen atoms in total. The Bertz CT molecular complexity index is 1140. The van der Waals surface area contributed by atoms with Gasteiger partial charge in [0.05, 0.1) is 0 Å². The normalized spacial score (nSPS) is 19.2. The SMILES string of the molecule is c1ccc2c(CN3CCC(C4CCN(Cc5cccc6ccccc56)CC4)CC3)cccc2c1. The van der Waals surface area contributed by atoms with E-state index in [1.165, 1.54) is 84.5 Å². The molecular weight excluding hydrogens is 412 g/mol. The van der Waals surface area contributed by atoms with Gasteiger partial charge in [-0.25, -0.2) is 0 Å². The Morgan fingerprint density at radius 2 is 0.853 bits per heavy atom. The number of hydrogen-bond acceptors (Lipinski definition) is 2. The van der Waals surface area contributed by atoms with Crippen LogP contribution in [-0.2, 0) is 13.1 Å². The summed E-state index contributed by atoms with van der Waals surface area (Å²) in [6, 6.07) is 31.2. The molecule has 0 aliphatic carbocycles. The average molecular weight is 449 g/mol. The molecule has 0 aromatic heterocycles. The van der Waals surface area contributed by atoms with Crippen LogP contribution >= 0.6 is 0 Å². The van der Waals surface area contributed by atoms with Crippen molar-refractivity contribution in [2.24, 2.45) is 11.8 Å². The quantitative estimate of drug-likeness (QED) is 0.321. The average Bonchev–Trinajstić information content (AvgIpc) is 2.90. The molecular formula is C32H36N2. The number of piperidine rings is 2. The Morgan fingerprint density at radius 3 is 1.29 bits per heavy atom. The number of rotatable bonds is 5. The van der Waals surface area contributed by atoms with Gasteiger partial charge in [0.25, 0.3) is 0 Å². The van der Waals surface area contributed by atoms with Gasteiger partial charge in [-0.05, 0) is 96.4 Å². The van der Waals surface area contributed by atoms with E-state index in [4.69, 9.17) is 0 Å². The van der Waals surface area contributed by atoms with Crippen LogP contribution in [0.3, 0.4) is 0 Å². The molecule has 0 amide bonds. The van der Waals surface area contributed by atoms with Crippen LogP contribution in [0, 0.1) is 11.8 Å². The zero-order valence-electron chi connectivity index (χ0n) is 20.2. The molecule has 2 heteroatoms. The van der Waals surface area contributed by atoms with Gasteiger partial charge in [-0.3, -0.25) is 9.80 Å². The predicted octanol–water partition coefficient (Wildman–Crippen LogP) is 7.12. The van der Waals surface area contributed by atoms with Crippen molar-refractivity contribution in [1.29, 1.82) is 0 Å². The molecule has 174 valence electrons. The number of hydrogen-bond donors (Lipinski definition) is 0. The van der Waals surface area contributed by atoms with Gasteiger partial charge in [-0.1, -0.05) is 84.9 Å². The van der Waals surface area contributed by atoms with Crippen LogP contribution in [0.5, 0.6) is 0 Å². The van der Waals surface area contributed by atoms with E-state index < -0.39 is 0 Å². The highest BCUT2D eigenvalue weighted by Crippen LogP contribution is 2.34. The van der Waals surface area contributed by atoms with Crippen molar-refractivity contribution in [3.63, 3.8) is 0 Å². The summed E-state index contributed by atoms with van der Waals surface area (Å²) in [5.41, 5.74) is 2.97. The lowest BCUT2D eigenvalue weighted by Crippen LogP contribution is -2.40. The van der Waals surface area contributed by atoms with Crippen LogP contribution < -0.4 is 0 Å². The van der Waals surface area contributed by atoms with Gasteiger partial charge in [0, 0.05) is 13.1 Å². The fourth-order valence-corrected chi connectivity index (χ4v) is 6.51. The molecule has 2 aliphatic heterocycles. The molecule has 2 aliphatic rings. The molecule has 0 unspecified atom stereocenters. The lowest BCUT2D eigenvalue weighted by Gasteiger charge is -2.40. The smallest absolute Gasteiger partial charge is 0.0239 e. The minimum atomic E-state index is 0.920. The highest BCUT2D eigenvalue weighted by Gasteiger charge is 2.29. The molecule has 2 heterocycles. The van der Waals surface area contributed by atoms with Crippen molar-refractivity contribution in [3.05, 3.63) is 96.1 Å². The second kappa shape index (κ2) is 9.90. The minimum Gasteiger partial charge on any atom is -0.299 e. The summed E-state index contributed by atoms with van der Waals surface area (Å²) in [6.45, 7) is 7.21. The van der Waals surface area contributed by atoms with Gasteiger partial charge in [0.15, 0.2) is 0 Å². The highest BCUT2D eigenvalue weighted by atomic mass is 15.1. The van der Waals surface area contributed by atoms with E-state index >= 15 is 0 Å². The zero-order valence-corrected chi connectivity index (χ0v) is 20.2. The Hall–Kier alpha value is -2.68. The first-order valence-corrected chi connectivity index (χ1v) is 13.2. The molecule has 0 atom stereocenters. The topological polar surface area (TPSA) is 6.48 Å². The largest absolute Gasteiger partial charge is 0.299 e. The Kier molecular flexibility index (Phi) is 6.35. The minimum absolute atomic E-state index is 0.920. The maximum atomic E-state index is 2.69. The molecule has 6 rings (SSSR count). The van der Waals surface area contributed by atoms with Crippen LogP contribution in [0.1, 0.15) is 36.8 Å². The molecule has 0 N–H and O–H groups in total. The maximum Gasteiger partial charge on any atom is 0.0239 e. The number of benzene rings is 4. The Morgan fingerprint density at radius 1 is 0.471 bits per heavy atom. The van der Waals surface area contributed by atoms with Crippen molar-refractivity contribution in [2.45, 2.75) is 38.8 Å². The third-order valence-electron chi connectivity index (χ3n) is 8.48. The summed E-state index contributed by atoms with van der Waals surface area (Å²) >= 11 is 0. The van der Waals surface area contributed by atoms with E-state index in [1.807, 2.05) is 0 Å². The molecule has 2 fully saturated rings. The van der Waals surface area contributed by atoms with E-state index in [1.54, 1.807) is 0 Å². The first kappa shape index (κ1) is 21.8. The molecule has 0 bridgehead atoms. The van der Waals surface area contributed by atoms with Crippen LogP contribution in [0.2, 0.25) is 0 Å². The fourth-order valence-electron chi connectivity index (χ4n) is 6.51. The van der Waals surface area contributed by atoms with Gasteiger partial charge in [-0.15, -0.1) is 0 Å². The second-order valence-electron chi connectivity index (χ2n) is 10.5. The van der Waals surface area contributed by atoms with Crippen molar-refractivity contribution < 1.29 is 0 Å². The van der Waals surface area contributed by atoms with Gasteiger partial charge in [-0.2, -0.15) is 0 Å². The standard InChI is InChI=1S/C32H36N2/c1-3-13-31-27(7-1)9-5-11-29(31)23-33-19-15-25(16-20-33)26-17-21-34(22-18-26)24-30-12-6-10-28-8-2-4-14-32(28)30/h1-14,25-26H,15-24H2. The molecule has 2 saturated heterocycles. The molecule has 34 heavy (non-hydrogen) atoms. The monoisotopic (exact) mass is 448 g/mol. The molecule has 4 aromatic carbocycles. The van der Waals surface area contributed by atoms with E-state index in [2.05, 4.69) is 94.7 Å². The summed E-state index contributed by atoms with van der Waals surface area (Å²) in [5, 5.41) is 5.58.